The standard InChI is InChI=1S/C15H24N2O/c1-12-3-5-14(6-4-12)9-17-10-15(11-18)16-8-7-13(17)2/h3-6,13,15-16,18H,7-11H2,1-2H3. The number of nitrogens with zero attached hydrogens (tertiary/aromatic N) is 1. The van der Waals surface area contributed by atoms with Gasteiger partial charge < -0.3 is 10.4 Å². The van der Waals surface area contributed by atoms with Gasteiger partial charge >= 0.3 is 0 Å². The SMILES string of the molecule is Cc1ccc(CN2CC(CO)NCCC2C)cc1. The zero-order valence-corrected chi connectivity index (χ0v) is 11.4. The highest BCUT2D eigenvalue weighted by atomic mass is 16.3. The molecule has 0 amide bonds. The molecule has 1 aliphatic heterocycles. The van der Waals surface area contributed by atoms with Crippen LogP contribution in [-0.4, -0.2) is 41.8 Å². The number of aryl methyl sites for hydroxylation is 1. The van der Waals surface area contributed by atoms with E-state index < -0.39 is 0 Å². The van der Waals surface area contributed by atoms with Crippen LogP contribution >= 0.6 is 0 Å². The molecule has 1 heterocycles. The molecule has 0 saturated carbocycles. The van der Waals surface area contributed by atoms with Gasteiger partial charge in [0.05, 0.1) is 6.61 Å². The number of nitrogens with one attached hydrogen (secondary N) is 1. The maximum absolute atomic E-state index is 9.33. The highest BCUT2D eigenvalue weighted by Gasteiger charge is 2.22. The van der Waals surface area contributed by atoms with Crippen molar-refractivity contribution in [3.05, 3.63) is 35.4 Å². The molecule has 3 nitrogen and oxygen atoms in total. The van der Waals surface area contributed by atoms with Crippen molar-refractivity contribution in [2.24, 2.45) is 0 Å². The van der Waals surface area contributed by atoms with Crippen molar-refractivity contribution in [2.75, 3.05) is 19.7 Å². The van der Waals surface area contributed by atoms with Crippen molar-refractivity contribution in [3.63, 3.8) is 0 Å². The fourth-order valence-electron chi connectivity index (χ4n) is 2.48. The van der Waals surface area contributed by atoms with Gasteiger partial charge in [0.15, 0.2) is 0 Å². The Morgan fingerprint density at radius 2 is 2.06 bits per heavy atom. The first-order valence-corrected chi connectivity index (χ1v) is 6.83. The first kappa shape index (κ1) is 13.5. The first-order chi connectivity index (χ1) is 8.69. The van der Waals surface area contributed by atoms with Crippen LogP contribution in [0.25, 0.3) is 0 Å². The molecule has 18 heavy (non-hydrogen) atoms. The minimum atomic E-state index is 0.209. The molecule has 1 fully saturated rings. The zero-order valence-electron chi connectivity index (χ0n) is 11.4. The second-order valence-corrected chi connectivity index (χ2v) is 5.39. The van der Waals surface area contributed by atoms with Gasteiger partial charge in [0.2, 0.25) is 0 Å². The topological polar surface area (TPSA) is 35.5 Å². The van der Waals surface area contributed by atoms with Gasteiger partial charge in [-0.2, -0.15) is 0 Å². The largest absolute Gasteiger partial charge is 0.395 e. The molecule has 2 unspecified atom stereocenters. The van der Waals surface area contributed by atoms with Crippen LogP contribution in [0.2, 0.25) is 0 Å². The Balaban J connectivity index is 2.02. The molecule has 1 aliphatic rings. The third kappa shape index (κ3) is 3.55. The molecule has 1 saturated heterocycles. The monoisotopic (exact) mass is 248 g/mol. The number of rotatable bonds is 3. The van der Waals surface area contributed by atoms with Crippen LogP contribution in [0.15, 0.2) is 24.3 Å². The number of aliphatic hydroxyl groups is 1. The van der Waals surface area contributed by atoms with Gasteiger partial charge in [-0.05, 0) is 32.4 Å². The minimum Gasteiger partial charge on any atom is -0.395 e. The van der Waals surface area contributed by atoms with E-state index in [0.717, 1.165) is 26.1 Å². The number of aliphatic hydroxyl groups excluding tert-OH is 1. The average molecular weight is 248 g/mol. The lowest BCUT2D eigenvalue weighted by atomic mass is 10.1. The first-order valence-electron chi connectivity index (χ1n) is 6.83. The van der Waals surface area contributed by atoms with Crippen molar-refractivity contribution in [1.29, 1.82) is 0 Å². The molecule has 2 rings (SSSR count). The second-order valence-electron chi connectivity index (χ2n) is 5.39. The Morgan fingerprint density at radius 3 is 2.72 bits per heavy atom. The molecular formula is C15H24N2O. The molecule has 0 radical (unpaired) electrons. The van der Waals surface area contributed by atoms with Gasteiger partial charge in [-0.1, -0.05) is 29.8 Å². The van der Waals surface area contributed by atoms with Gasteiger partial charge in [0.25, 0.3) is 0 Å². The van der Waals surface area contributed by atoms with Crippen LogP contribution < -0.4 is 5.32 Å². The maximum Gasteiger partial charge on any atom is 0.0597 e. The molecule has 1 aromatic rings. The molecule has 2 atom stereocenters. The van der Waals surface area contributed by atoms with Gasteiger partial charge in [-0.3, -0.25) is 4.90 Å². The Bertz CT molecular complexity index is 363. The molecule has 1 aromatic carbocycles. The molecule has 0 bridgehead atoms. The highest BCUT2D eigenvalue weighted by molar-refractivity contribution is 5.21. The maximum atomic E-state index is 9.33. The minimum absolute atomic E-state index is 0.209. The summed E-state index contributed by atoms with van der Waals surface area (Å²) < 4.78 is 0. The smallest absolute Gasteiger partial charge is 0.0597 e. The predicted octanol–water partition coefficient (Wildman–Crippen LogP) is 1.54. The summed E-state index contributed by atoms with van der Waals surface area (Å²) in [5.41, 5.74) is 2.66. The lowest BCUT2D eigenvalue weighted by molar-refractivity contribution is 0.165. The third-order valence-corrected chi connectivity index (χ3v) is 3.80. The van der Waals surface area contributed by atoms with Gasteiger partial charge in [0.1, 0.15) is 0 Å². The molecule has 100 valence electrons. The van der Waals surface area contributed by atoms with E-state index in [1.807, 2.05) is 0 Å². The van der Waals surface area contributed by atoms with Crippen LogP contribution in [0.3, 0.4) is 0 Å². The lowest BCUT2D eigenvalue weighted by Crippen LogP contribution is -2.41. The second kappa shape index (κ2) is 6.32. The summed E-state index contributed by atoms with van der Waals surface area (Å²) in [5, 5.41) is 12.7. The summed E-state index contributed by atoms with van der Waals surface area (Å²) in [5.74, 6) is 0. The fraction of sp³-hybridized carbons (Fsp3) is 0.600. The average Bonchev–Trinajstić information content (AvgIpc) is 2.55. The van der Waals surface area contributed by atoms with Crippen molar-refractivity contribution in [2.45, 2.75) is 38.9 Å². The quantitative estimate of drug-likeness (QED) is 0.852. The number of benzene rings is 1. The van der Waals surface area contributed by atoms with E-state index in [9.17, 15) is 5.11 Å². The molecular weight excluding hydrogens is 224 g/mol. The Kier molecular flexibility index (Phi) is 4.75. The lowest BCUT2D eigenvalue weighted by Gasteiger charge is -2.28. The molecule has 3 heteroatoms. The molecule has 0 aliphatic carbocycles. The van der Waals surface area contributed by atoms with E-state index >= 15 is 0 Å². The van der Waals surface area contributed by atoms with E-state index in [0.29, 0.717) is 6.04 Å². The van der Waals surface area contributed by atoms with Crippen LogP contribution in [0, 0.1) is 6.92 Å². The highest BCUT2D eigenvalue weighted by Crippen LogP contribution is 2.14. The summed E-state index contributed by atoms with van der Waals surface area (Å²) in [4.78, 5) is 2.46. The van der Waals surface area contributed by atoms with E-state index in [4.69, 9.17) is 0 Å². The molecule has 2 N–H and O–H groups in total. The van der Waals surface area contributed by atoms with Crippen molar-refractivity contribution in [1.82, 2.24) is 10.2 Å². The Labute approximate surface area is 110 Å². The summed E-state index contributed by atoms with van der Waals surface area (Å²) in [6.45, 7) is 7.50. The van der Waals surface area contributed by atoms with E-state index in [-0.39, 0.29) is 12.6 Å². The number of hydrogen-bond acceptors (Lipinski definition) is 3. The van der Waals surface area contributed by atoms with Crippen LogP contribution in [-0.2, 0) is 6.54 Å². The normalized spacial score (nSPS) is 25.9. The number of hydrogen-bond donors (Lipinski definition) is 2. The van der Waals surface area contributed by atoms with Crippen LogP contribution in [0.1, 0.15) is 24.5 Å². The predicted molar refractivity (Wildman–Crippen MR) is 74.5 cm³/mol. The van der Waals surface area contributed by atoms with Crippen molar-refractivity contribution in [3.8, 4) is 0 Å². The van der Waals surface area contributed by atoms with E-state index in [1.165, 1.54) is 11.1 Å². The summed E-state index contributed by atoms with van der Waals surface area (Å²) in [7, 11) is 0. The zero-order chi connectivity index (χ0) is 13.0. The third-order valence-electron chi connectivity index (χ3n) is 3.80. The Morgan fingerprint density at radius 1 is 1.33 bits per heavy atom. The van der Waals surface area contributed by atoms with Crippen molar-refractivity contribution < 1.29 is 5.11 Å². The summed E-state index contributed by atoms with van der Waals surface area (Å²) in [6, 6.07) is 9.51. The Hall–Kier alpha value is -0.900. The summed E-state index contributed by atoms with van der Waals surface area (Å²) in [6.07, 6.45) is 1.14. The molecule has 0 aromatic heterocycles. The van der Waals surface area contributed by atoms with E-state index in [1.54, 1.807) is 0 Å². The van der Waals surface area contributed by atoms with Gasteiger partial charge in [0, 0.05) is 25.2 Å². The van der Waals surface area contributed by atoms with Crippen LogP contribution in [0.4, 0.5) is 0 Å². The fourth-order valence-corrected chi connectivity index (χ4v) is 2.48. The van der Waals surface area contributed by atoms with Gasteiger partial charge in [-0.15, -0.1) is 0 Å². The van der Waals surface area contributed by atoms with Gasteiger partial charge in [-0.25, -0.2) is 0 Å². The summed E-state index contributed by atoms with van der Waals surface area (Å²) >= 11 is 0. The molecule has 0 spiro atoms. The van der Waals surface area contributed by atoms with Crippen LogP contribution in [0.5, 0.6) is 0 Å². The van der Waals surface area contributed by atoms with E-state index in [2.05, 4.69) is 48.3 Å². The van der Waals surface area contributed by atoms with Crippen molar-refractivity contribution >= 4 is 0 Å².